The Bertz CT molecular complexity index is 1600. The lowest BCUT2D eigenvalue weighted by Gasteiger charge is -2.52. The molecule has 0 aromatic heterocycles. The highest BCUT2D eigenvalue weighted by Crippen LogP contribution is 2.44. The van der Waals surface area contributed by atoms with Crippen LogP contribution in [0.2, 0.25) is 10.0 Å². The second-order valence-electron chi connectivity index (χ2n) is 11.5. The molecular formula is C37H41Cl2NO6. The number of β-amino-alcohol motifs (C(OH)–C–C–N with tert-alkyl or cyclic N) is 1. The minimum atomic E-state index is -2.07. The van der Waals surface area contributed by atoms with Crippen LogP contribution in [0.3, 0.4) is 0 Å². The summed E-state index contributed by atoms with van der Waals surface area (Å²) in [5.74, 6) is 1.52. The van der Waals surface area contributed by atoms with Crippen LogP contribution in [0.15, 0.2) is 84.9 Å². The number of rotatable bonds is 12. The van der Waals surface area contributed by atoms with E-state index >= 15 is 0 Å². The van der Waals surface area contributed by atoms with Crippen molar-refractivity contribution in [1.82, 2.24) is 0 Å². The van der Waals surface area contributed by atoms with Gasteiger partial charge in [0, 0.05) is 35.3 Å². The maximum Gasteiger partial charge on any atom is 0.145 e. The minimum Gasteiger partial charge on any atom is -0.494 e. The molecule has 5 rings (SSSR count). The zero-order chi connectivity index (χ0) is 32.8. The highest BCUT2D eigenvalue weighted by molar-refractivity contribution is 6.32. The normalized spacial score (nSPS) is 21.3. The van der Waals surface area contributed by atoms with E-state index in [4.69, 9.17) is 32.7 Å². The minimum absolute atomic E-state index is 0.0240. The van der Waals surface area contributed by atoms with E-state index < -0.39 is 23.9 Å². The van der Waals surface area contributed by atoms with Crippen LogP contribution in [0.1, 0.15) is 48.1 Å². The molecule has 1 fully saturated rings. The Morgan fingerprint density at radius 3 is 1.83 bits per heavy atom. The van der Waals surface area contributed by atoms with E-state index in [9.17, 15) is 20.4 Å². The first-order valence-electron chi connectivity index (χ1n) is 15.7. The molecule has 46 heavy (non-hydrogen) atoms. The number of ether oxygens (including phenoxy) is 2. The molecular weight excluding hydrogens is 625 g/mol. The van der Waals surface area contributed by atoms with E-state index in [0.29, 0.717) is 52.9 Å². The van der Waals surface area contributed by atoms with Crippen LogP contribution >= 0.6 is 23.2 Å². The smallest absolute Gasteiger partial charge is 0.145 e. The summed E-state index contributed by atoms with van der Waals surface area (Å²) in [7, 11) is 0. The summed E-state index contributed by atoms with van der Waals surface area (Å²) < 4.78 is 11.2. The standard InChI is InChI=1S/C37H41Cl2NO6/c1-3-45-26-15-11-24(12-16-26)21-28-30(7-5-8-31(28)38)37(44)35(42)23-40(34(19-20-41)36(37)43)33-10-6-9-32(39)29(33)22-25-13-17-27(18-14-25)46-4-2/h5-18,34-36,41-44H,3-4,19-23H2,1-2H3. The van der Waals surface area contributed by atoms with Crippen LogP contribution < -0.4 is 14.4 Å². The second-order valence-corrected chi connectivity index (χ2v) is 12.3. The molecule has 4 unspecified atom stereocenters. The van der Waals surface area contributed by atoms with Crippen LogP contribution in [0.25, 0.3) is 0 Å². The predicted molar refractivity (Wildman–Crippen MR) is 182 cm³/mol. The largest absolute Gasteiger partial charge is 0.494 e. The van der Waals surface area contributed by atoms with Gasteiger partial charge in [-0.3, -0.25) is 0 Å². The molecule has 1 saturated heterocycles. The number of hydrogen-bond acceptors (Lipinski definition) is 7. The average Bonchev–Trinajstić information content (AvgIpc) is 3.05. The zero-order valence-electron chi connectivity index (χ0n) is 26.1. The number of nitrogens with zero attached hydrogens (tertiary/aromatic N) is 1. The molecule has 1 aliphatic rings. The van der Waals surface area contributed by atoms with Crippen LogP contribution in [0.4, 0.5) is 5.69 Å². The Labute approximate surface area is 280 Å². The number of hydrogen-bond donors (Lipinski definition) is 4. The van der Waals surface area contributed by atoms with Gasteiger partial charge in [-0.2, -0.15) is 0 Å². The van der Waals surface area contributed by atoms with Crippen LogP contribution in [0.5, 0.6) is 11.5 Å². The quantitative estimate of drug-likeness (QED) is 0.144. The first-order valence-corrected chi connectivity index (χ1v) is 16.4. The van der Waals surface area contributed by atoms with Gasteiger partial charge in [0.05, 0.1) is 19.3 Å². The SMILES string of the molecule is CCOc1ccc(Cc2c(Cl)cccc2N2CC(O)C(O)(c3cccc(Cl)c3Cc3ccc(OCC)cc3)C(O)C2CCO)cc1. The summed E-state index contributed by atoms with van der Waals surface area (Å²) in [4.78, 5) is 1.85. The zero-order valence-corrected chi connectivity index (χ0v) is 27.6. The fourth-order valence-corrected chi connectivity index (χ4v) is 6.91. The maximum atomic E-state index is 12.3. The molecule has 7 nitrogen and oxygen atoms in total. The number of aliphatic hydroxyl groups excluding tert-OH is 3. The van der Waals surface area contributed by atoms with Gasteiger partial charge in [0.2, 0.25) is 0 Å². The van der Waals surface area contributed by atoms with Crippen molar-refractivity contribution >= 4 is 28.9 Å². The lowest BCUT2D eigenvalue weighted by atomic mass is 9.73. The third-order valence-corrected chi connectivity index (χ3v) is 9.41. The number of halogens is 2. The van der Waals surface area contributed by atoms with Crippen LogP contribution in [-0.2, 0) is 18.4 Å². The highest BCUT2D eigenvalue weighted by atomic mass is 35.5. The van der Waals surface area contributed by atoms with Gasteiger partial charge >= 0.3 is 0 Å². The van der Waals surface area contributed by atoms with Crippen molar-refractivity contribution in [1.29, 1.82) is 0 Å². The molecule has 0 amide bonds. The number of piperidine rings is 1. The van der Waals surface area contributed by atoms with Crippen molar-refractivity contribution in [3.05, 3.63) is 123 Å². The van der Waals surface area contributed by atoms with Crippen LogP contribution in [0, 0.1) is 0 Å². The molecule has 4 atom stereocenters. The van der Waals surface area contributed by atoms with Gasteiger partial charge in [0.15, 0.2) is 0 Å². The van der Waals surface area contributed by atoms with Gasteiger partial charge in [0.1, 0.15) is 29.3 Å². The molecule has 1 heterocycles. The monoisotopic (exact) mass is 665 g/mol. The van der Waals surface area contributed by atoms with Crippen LogP contribution in [-0.4, -0.2) is 65.0 Å². The van der Waals surface area contributed by atoms with Gasteiger partial charge in [-0.25, -0.2) is 0 Å². The Kier molecular flexibility index (Phi) is 11.2. The summed E-state index contributed by atoms with van der Waals surface area (Å²) in [5, 5.41) is 47.2. The molecule has 244 valence electrons. The second kappa shape index (κ2) is 15.1. The fourth-order valence-electron chi connectivity index (χ4n) is 6.44. The summed E-state index contributed by atoms with van der Waals surface area (Å²) in [6.07, 6.45) is -1.91. The molecule has 0 spiro atoms. The van der Waals surface area contributed by atoms with Crippen molar-refractivity contribution in [2.75, 3.05) is 31.3 Å². The van der Waals surface area contributed by atoms with E-state index in [-0.39, 0.29) is 19.6 Å². The molecule has 0 bridgehead atoms. The predicted octanol–water partition coefficient (Wildman–Crippen LogP) is 6.15. The molecule has 4 aromatic rings. The van der Waals surface area contributed by atoms with Gasteiger partial charge in [0.25, 0.3) is 0 Å². The maximum absolute atomic E-state index is 12.3. The summed E-state index contributed by atoms with van der Waals surface area (Å²) >= 11 is 13.5. The first kappa shape index (κ1) is 34.0. The number of benzene rings is 4. The molecule has 0 aliphatic carbocycles. The molecule has 9 heteroatoms. The van der Waals surface area contributed by atoms with E-state index in [2.05, 4.69) is 0 Å². The highest BCUT2D eigenvalue weighted by Gasteiger charge is 2.54. The van der Waals surface area contributed by atoms with Gasteiger partial charge in [-0.15, -0.1) is 0 Å². The first-order chi connectivity index (χ1) is 22.2. The lowest BCUT2D eigenvalue weighted by Crippen LogP contribution is -2.67. The van der Waals surface area contributed by atoms with Gasteiger partial charge < -0.3 is 34.8 Å². The fraction of sp³-hybridized carbons (Fsp3) is 0.351. The molecule has 4 aromatic carbocycles. The van der Waals surface area contributed by atoms with Crippen molar-refractivity contribution in [2.24, 2.45) is 0 Å². The van der Waals surface area contributed by atoms with E-state index in [1.165, 1.54) is 0 Å². The molecule has 0 saturated carbocycles. The Morgan fingerprint density at radius 1 is 0.761 bits per heavy atom. The lowest BCUT2D eigenvalue weighted by molar-refractivity contribution is -0.174. The number of anilines is 1. The summed E-state index contributed by atoms with van der Waals surface area (Å²) in [6.45, 7) is 4.72. The Balaban J connectivity index is 1.50. The van der Waals surface area contributed by atoms with E-state index in [0.717, 1.165) is 28.2 Å². The van der Waals surface area contributed by atoms with Crippen molar-refractivity contribution in [2.45, 2.75) is 57.0 Å². The van der Waals surface area contributed by atoms with Gasteiger partial charge in [-0.05, 0) is 97.0 Å². The Hall–Kier alpha value is -3.30. The van der Waals surface area contributed by atoms with Gasteiger partial charge in [-0.1, -0.05) is 65.7 Å². The van der Waals surface area contributed by atoms with Crippen molar-refractivity contribution < 1.29 is 29.9 Å². The average molecular weight is 667 g/mol. The molecule has 0 radical (unpaired) electrons. The summed E-state index contributed by atoms with van der Waals surface area (Å²) in [5.41, 5.74) is 2.31. The number of aliphatic hydroxyl groups is 4. The topological polar surface area (TPSA) is 103 Å². The van der Waals surface area contributed by atoms with E-state index in [1.54, 1.807) is 18.2 Å². The van der Waals surface area contributed by atoms with E-state index in [1.807, 2.05) is 85.5 Å². The molecule has 1 aliphatic heterocycles. The third-order valence-electron chi connectivity index (χ3n) is 8.70. The molecule has 4 N–H and O–H groups in total. The van der Waals surface area contributed by atoms with Crippen molar-refractivity contribution in [3.63, 3.8) is 0 Å². The summed E-state index contributed by atoms with van der Waals surface area (Å²) in [6, 6.07) is 25.3. The van der Waals surface area contributed by atoms with Crippen molar-refractivity contribution in [3.8, 4) is 11.5 Å². The third kappa shape index (κ3) is 7.00. The Morgan fingerprint density at radius 2 is 1.28 bits per heavy atom.